The summed E-state index contributed by atoms with van der Waals surface area (Å²) in [6, 6.07) is 18.3. The highest BCUT2D eigenvalue weighted by molar-refractivity contribution is 7.80. The lowest BCUT2D eigenvalue weighted by molar-refractivity contribution is -0.384. The Morgan fingerprint density at radius 2 is 1.76 bits per heavy atom. The number of para-hydroxylation sites is 1. The Morgan fingerprint density at radius 3 is 2.49 bits per heavy atom. The van der Waals surface area contributed by atoms with Crippen LogP contribution in [-0.2, 0) is 0 Å². The molecule has 0 saturated heterocycles. The maximum atomic E-state index is 13.2. The van der Waals surface area contributed by atoms with E-state index in [9.17, 15) is 19.3 Å². The molecule has 3 aromatic carbocycles. The van der Waals surface area contributed by atoms with Crippen molar-refractivity contribution in [1.29, 1.82) is 0 Å². The number of nitro groups is 1. The van der Waals surface area contributed by atoms with E-state index in [0.29, 0.717) is 22.4 Å². The molecule has 5 rings (SSSR count). The van der Waals surface area contributed by atoms with Crippen molar-refractivity contribution in [1.82, 2.24) is 20.3 Å². The van der Waals surface area contributed by atoms with Crippen molar-refractivity contribution >= 4 is 45.6 Å². The van der Waals surface area contributed by atoms with Crippen LogP contribution in [0.1, 0.15) is 16.1 Å². The van der Waals surface area contributed by atoms with Gasteiger partial charge in [0.1, 0.15) is 22.6 Å². The van der Waals surface area contributed by atoms with Crippen molar-refractivity contribution in [3.05, 3.63) is 100 Å². The first-order chi connectivity index (χ1) is 17.8. The molecule has 0 radical (unpaired) electrons. The summed E-state index contributed by atoms with van der Waals surface area (Å²) in [6.45, 7) is 1.84. The molecule has 0 bridgehead atoms. The molecule has 184 valence electrons. The molecule has 0 aliphatic heterocycles. The van der Waals surface area contributed by atoms with Crippen molar-refractivity contribution in [3.63, 3.8) is 0 Å². The quantitative estimate of drug-likeness (QED) is 0.186. The SMILES string of the molecule is Cc1cc2nn(-c3ccc(F)cc3)nc2cc1NC(=S)NC(=O)c1ccc(-c2ccccc2[N+](=O)[O-])o1. The van der Waals surface area contributed by atoms with E-state index >= 15 is 0 Å². The average Bonchev–Trinajstić information content (AvgIpc) is 3.52. The molecule has 5 aromatic rings. The summed E-state index contributed by atoms with van der Waals surface area (Å²) in [4.78, 5) is 24.8. The third-order valence-electron chi connectivity index (χ3n) is 5.46. The van der Waals surface area contributed by atoms with E-state index in [1.165, 1.54) is 41.2 Å². The number of nitrogens with one attached hydrogen (secondary N) is 2. The maximum Gasteiger partial charge on any atom is 0.293 e. The van der Waals surface area contributed by atoms with Gasteiger partial charge in [0.15, 0.2) is 10.9 Å². The molecule has 12 heteroatoms. The van der Waals surface area contributed by atoms with Crippen molar-refractivity contribution in [2.24, 2.45) is 0 Å². The molecule has 2 N–H and O–H groups in total. The number of thiocarbonyl (C=S) groups is 1. The summed E-state index contributed by atoms with van der Waals surface area (Å²) in [5.74, 6) is -0.859. The van der Waals surface area contributed by atoms with Gasteiger partial charge in [-0.2, -0.15) is 4.80 Å². The maximum absolute atomic E-state index is 13.2. The lowest BCUT2D eigenvalue weighted by atomic mass is 10.1. The molecule has 0 spiro atoms. The van der Waals surface area contributed by atoms with E-state index in [1.54, 1.807) is 36.4 Å². The Bertz CT molecular complexity index is 1680. The molecule has 1 amide bonds. The minimum absolute atomic E-state index is 0.0158. The van der Waals surface area contributed by atoms with Gasteiger partial charge in [0.05, 0.1) is 16.2 Å². The number of hydrogen-bond donors (Lipinski definition) is 2. The van der Waals surface area contributed by atoms with Crippen LogP contribution < -0.4 is 10.6 Å². The predicted molar refractivity (Wildman–Crippen MR) is 138 cm³/mol. The molecule has 0 aliphatic carbocycles. The van der Waals surface area contributed by atoms with Crippen molar-refractivity contribution in [2.75, 3.05) is 5.32 Å². The largest absolute Gasteiger partial charge is 0.451 e. The number of nitrogens with zero attached hydrogens (tertiary/aromatic N) is 4. The number of aryl methyl sites for hydroxylation is 1. The molecular formula is C25H17FN6O4S. The standard InChI is InChI=1S/C25H17FN6O4S/c1-14-12-19-20(30-31(29-19)16-8-6-15(26)7-9-16)13-18(14)27-25(37)28-24(33)23-11-10-22(36-23)17-4-2-3-5-21(17)32(34)35/h2-13H,1H3,(H2,27,28,33,37). The molecule has 2 heterocycles. The van der Waals surface area contributed by atoms with Crippen molar-refractivity contribution in [3.8, 4) is 17.0 Å². The summed E-state index contributed by atoms with van der Waals surface area (Å²) in [5, 5.41) is 25.7. The molecule has 10 nitrogen and oxygen atoms in total. The minimum Gasteiger partial charge on any atom is -0.451 e. The lowest BCUT2D eigenvalue weighted by Gasteiger charge is -2.10. The van der Waals surface area contributed by atoms with Gasteiger partial charge in [0.2, 0.25) is 0 Å². The second kappa shape index (κ2) is 9.59. The van der Waals surface area contributed by atoms with E-state index in [1.807, 2.05) is 6.92 Å². The molecule has 0 atom stereocenters. The van der Waals surface area contributed by atoms with E-state index in [2.05, 4.69) is 20.8 Å². The summed E-state index contributed by atoms with van der Waals surface area (Å²) < 4.78 is 18.8. The number of rotatable bonds is 5. The molecule has 37 heavy (non-hydrogen) atoms. The van der Waals surface area contributed by atoms with Crippen LogP contribution in [0.2, 0.25) is 0 Å². The molecule has 0 fully saturated rings. The van der Waals surface area contributed by atoms with Crippen molar-refractivity contribution < 1.29 is 18.5 Å². The summed E-state index contributed by atoms with van der Waals surface area (Å²) in [5.41, 5.74) is 3.31. The highest BCUT2D eigenvalue weighted by Crippen LogP contribution is 2.31. The van der Waals surface area contributed by atoms with Crippen LogP contribution in [0.5, 0.6) is 0 Å². The van der Waals surface area contributed by atoms with E-state index in [4.69, 9.17) is 16.6 Å². The van der Waals surface area contributed by atoms with Crippen LogP contribution >= 0.6 is 12.2 Å². The second-order valence-corrected chi connectivity index (χ2v) is 8.38. The van der Waals surface area contributed by atoms with Gasteiger partial charge in [-0.15, -0.1) is 10.2 Å². The summed E-state index contributed by atoms with van der Waals surface area (Å²) in [6.07, 6.45) is 0. The third-order valence-corrected chi connectivity index (χ3v) is 5.66. The molecule has 0 saturated carbocycles. The Morgan fingerprint density at radius 1 is 1.05 bits per heavy atom. The minimum atomic E-state index is -0.622. The van der Waals surface area contributed by atoms with Gasteiger partial charge < -0.3 is 9.73 Å². The molecule has 2 aromatic heterocycles. The number of amides is 1. The Balaban J connectivity index is 1.30. The van der Waals surface area contributed by atoms with Crippen LogP contribution in [0.15, 0.2) is 77.2 Å². The monoisotopic (exact) mass is 516 g/mol. The number of anilines is 1. The van der Waals surface area contributed by atoms with Gasteiger partial charge in [-0.25, -0.2) is 4.39 Å². The van der Waals surface area contributed by atoms with Crippen LogP contribution in [0, 0.1) is 22.9 Å². The number of halogens is 1. The van der Waals surface area contributed by atoms with E-state index in [-0.39, 0.29) is 33.7 Å². The second-order valence-electron chi connectivity index (χ2n) is 7.97. The number of aromatic nitrogens is 3. The number of benzene rings is 3. The Kier molecular flexibility index (Phi) is 6.15. The Hall–Kier alpha value is -4.97. The predicted octanol–water partition coefficient (Wildman–Crippen LogP) is 5.16. The number of carbonyl (C=O) groups is 1. The number of hydrogen-bond acceptors (Lipinski definition) is 7. The van der Waals surface area contributed by atoms with E-state index in [0.717, 1.165) is 5.56 Å². The summed E-state index contributed by atoms with van der Waals surface area (Å²) >= 11 is 5.29. The number of nitro benzene ring substituents is 1. The normalized spacial score (nSPS) is 10.9. The first-order valence-corrected chi connectivity index (χ1v) is 11.3. The number of fused-ring (bicyclic) bond motifs is 1. The highest BCUT2D eigenvalue weighted by Gasteiger charge is 2.20. The topological polar surface area (TPSA) is 128 Å². The van der Waals surface area contributed by atoms with Gasteiger partial charge in [0.25, 0.3) is 11.6 Å². The van der Waals surface area contributed by atoms with Crippen LogP contribution in [0.25, 0.3) is 28.0 Å². The fraction of sp³-hybridized carbons (Fsp3) is 0.0400. The highest BCUT2D eigenvalue weighted by atomic mass is 32.1. The third kappa shape index (κ3) is 4.90. The van der Waals surface area contributed by atoms with Crippen LogP contribution in [-0.4, -0.2) is 30.9 Å². The van der Waals surface area contributed by atoms with E-state index < -0.39 is 10.8 Å². The van der Waals surface area contributed by atoms with Crippen LogP contribution in [0.3, 0.4) is 0 Å². The van der Waals surface area contributed by atoms with Gasteiger partial charge in [-0.1, -0.05) is 12.1 Å². The van der Waals surface area contributed by atoms with Gasteiger partial charge in [-0.3, -0.25) is 20.2 Å². The fourth-order valence-electron chi connectivity index (χ4n) is 3.66. The Labute approximate surface area is 213 Å². The summed E-state index contributed by atoms with van der Waals surface area (Å²) in [7, 11) is 0. The average molecular weight is 517 g/mol. The van der Waals surface area contributed by atoms with Gasteiger partial charge in [-0.05, 0) is 79.3 Å². The smallest absolute Gasteiger partial charge is 0.293 e. The first-order valence-electron chi connectivity index (χ1n) is 10.9. The molecule has 0 aliphatic rings. The number of carbonyl (C=O) groups excluding carboxylic acids is 1. The fourth-order valence-corrected chi connectivity index (χ4v) is 3.86. The molecular weight excluding hydrogens is 499 g/mol. The van der Waals surface area contributed by atoms with Gasteiger partial charge in [0, 0.05) is 11.8 Å². The zero-order valence-corrected chi connectivity index (χ0v) is 20.0. The van der Waals surface area contributed by atoms with Crippen LogP contribution in [0.4, 0.5) is 15.8 Å². The van der Waals surface area contributed by atoms with Gasteiger partial charge >= 0.3 is 0 Å². The molecule has 0 unspecified atom stereocenters. The first kappa shape index (κ1) is 23.8. The zero-order valence-electron chi connectivity index (χ0n) is 19.1. The zero-order chi connectivity index (χ0) is 26.1. The lowest BCUT2D eigenvalue weighted by Crippen LogP contribution is -2.34. The van der Waals surface area contributed by atoms with Crippen molar-refractivity contribution in [2.45, 2.75) is 6.92 Å². The number of furan rings is 1.